The van der Waals surface area contributed by atoms with Crippen molar-refractivity contribution in [3.05, 3.63) is 35.1 Å². The van der Waals surface area contributed by atoms with E-state index in [0.29, 0.717) is 37.4 Å². The Morgan fingerprint density at radius 2 is 2.21 bits per heavy atom. The molecule has 3 N–H and O–H groups in total. The highest BCUT2D eigenvalue weighted by Crippen LogP contribution is 2.12. The minimum Gasteiger partial charge on any atom is -0.382 e. The van der Waals surface area contributed by atoms with Crippen LogP contribution in [0.15, 0.2) is 18.2 Å². The first-order valence-corrected chi connectivity index (χ1v) is 6.02. The van der Waals surface area contributed by atoms with Crippen molar-refractivity contribution in [2.24, 2.45) is 5.73 Å². The maximum Gasteiger partial charge on any atom is 0.251 e. The number of benzene rings is 1. The Labute approximate surface area is 111 Å². The first-order chi connectivity index (χ1) is 9.19. The predicted molar refractivity (Wildman–Crippen MR) is 69.3 cm³/mol. The number of nitrogens with one attached hydrogen (secondary N) is 1. The van der Waals surface area contributed by atoms with Gasteiger partial charge in [0.15, 0.2) is 0 Å². The van der Waals surface area contributed by atoms with Crippen LogP contribution in [0, 0.1) is 5.82 Å². The third-order valence-electron chi connectivity index (χ3n) is 2.43. The molecule has 1 aromatic carbocycles. The molecule has 0 fully saturated rings. The van der Waals surface area contributed by atoms with Gasteiger partial charge in [-0.3, -0.25) is 4.79 Å². The standard InChI is InChI=1S/C13H19FN2O3/c1-18-6-7-19-9-11-8-10(2-3-12(11)14)13(17)16-5-4-15/h2-3,8H,4-7,9,15H2,1H3,(H,16,17). The number of carbonyl (C=O) groups excluding carboxylic acids is 1. The number of hydrogen-bond acceptors (Lipinski definition) is 4. The van der Waals surface area contributed by atoms with Gasteiger partial charge in [0.1, 0.15) is 5.82 Å². The second-order valence-corrected chi connectivity index (χ2v) is 3.90. The molecular weight excluding hydrogens is 251 g/mol. The molecule has 0 heterocycles. The lowest BCUT2D eigenvalue weighted by Gasteiger charge is -2.08. The van der Waals surface area contributed by atoms with E-state index < -0.39 is 5.82 Å². The molecule has 106 valence electrons. The van der Waals surface area contributed by atoms with Crippen LogP contribution in [0.3, 0.4) is 0 Å². The number of rotatable bonds is 8. The summed E-state index contributed by atoms with van der Waals surface area (Å²) in [7, 11) is 1.56. The predicted octanol–water partition coefficient (Wildman–Crippen LogP) is 0.677. The van der Waals surface area contributed by atoms with Crippen molar-refractivity contribution in [3.63, 3.8) is 0 Å². The molecule has 19 heavy (non-hydrogen) atoms. The van der Waals surface area contributed by atoms with Crippen molar-refractivity contribution in [1.82, 2.24) is 5.32 Å². The zero-order valence-electron chi connectivity index (χ0n) is 10.9. The minimum atomic E-state index is -0.396. The molecular formula is C13H19FN2O3. The minimum absolute atomic E-state index is 0.104. The fourth-order valence-corrected chi connectivity index (χ4v) is 1.44. The third-order valence-corrected chi connectivity index (χ3v) is 2.43. The second-order valence-electron chi connectivity index (χ2n) is 3.90. The van der Waals surface area contributed by atoms with Gasteiger partial charge in [-0.05, 0) is 18.2 Å². The van der Waals surface area contributed by atoms with Crippen molar-refractivity contribution in [2.75, 3.05) is 33.4 Å². The number of ether oxygens (including phenoxy) is 2. The zero-order chi connectivity index (χ0) is 14.1. The number of carbonyl (C=O) groups is 1. The molecule has 0 atom stereocenters. The quantitative estimate of drug-likeness (QED) is 0.681. The Balaban J connectivity index is 2.62. The Kier molecular flexibility index (Phi) is 7.02. The van der Waals surface area contributed by atoms with E-state index in [1.807, 2.05) is 0 Å². The van der Waals surface area contributed by atoms with Gasteiger partial charge in [0.2, 0.25) is 0 Å². The van der Waals surface area contributed by atoms with Gasteiger partial charge in [0, 0.05) is 31.3 Å². The SMILES string of the molecule is COCCOCc1cc(C(=O)NCCN)ccc1F. The van der Waals surface area contributed by atoms with E-state index in [9.17, 15) is 9.18 Å². The fourth-order valence-electron chi connectivity index (χ4n) is 1.44. The molecule has 6 heteroatoms. The number of hydrogen-bond donors (Lipinski definition) is 2. The van der Waals surface area contributed by atoms with Gasteiger partial charge < -0.3 is 20.5 Å². The number of nitrogens with two attached hydrogens (primary N) is 1. The Bertz CT molecular complexity index is 413. The Hall–Kier alpha value is -1.50. The highest BCUT2D eigenvalue weighted by atomic mass is 19.1. The number of halogens is 1. The van der Waals surface area contributed by atoms with Gasteiger partial charge in [0.25, 0.3) is 5.91 Å². The van der Waals surface area contributed by atoms with E-state index in [1.54, 1.807) is 7.11 Å². The third kappa shape index (κ3) is 5.34. The largest absolute Gasteiger partial charge is 0.382 e. The van der Waals surface area contributed by atoms with E-state index in [0.717, 1.165) is 0 Å². The summed E-state index contributed by atoms with van der Waals surface area (Å²) >= 11 is 0. The van der Waals surface area contributed by atoms with E-state index in [1.165, 1.54) is 18.2 Å². The van der Waals surface area contributed by atoms with E-state index in [4.69, 9.17) is 15.2 Å². The summed E-state index contributed by atoms with van der Waals surface area (Å²) in [4.78, 5) is 11.7. The number of amides is 1. The maximum absolute atomic E-state index is 13.5. The van der Waals surface area contributed by atoms with E-state index >= 15 is 0 Å². The van der Waals surface area contributed by atoms with Crippen LogP contribution in [0.5, 0.6) is 0 Å². The first-order valence-electron chi connectivity index (χ1n) is 6.02. The van der Waals surface area contributed by atoms with Crippen LogP contribution in [0.4, 0.5) is 4.39 Å². The van der Waals surface area contributed by atoms with Crippen molar-refractivity contribution in [3.8, 4) is 0 Å². The smallest absolute Gasteiger partial charge is 0.251 e. The molecule has 1 rings (SSSR count). The average molecular weight is 270 g/mol. The molecule has 0 saturated carbocycles. The van der Waals surface area contributed by atoms with Gasteiger partial charge in [-0.15, -0.1) is 0 Å². The molecule has 0 spiro atoms. The van der Waals surface area contributed by atoms with Crippen molar-refractivity contribution >= 4 is 5.91 Å². The molecule has 0 radical (unpaired) electrons. The fraction of sp³-hybridized carbons (Fsp3) is 0.462. The van der Waals surface area contributed by atoms with Gasteiger partial charge >= 0.3 is 0 Å². The Morgan fingerprint density at radius 1 is 1.42 bits per heavy atom. The summed E-state index contributed by atoms with van der Waals surface area (Å²) in [6, 6.07) is 4.17. The summed E-state index contributed by atoms with van der Waals surface area (Å²) < 4.78 is 23.6. The summed E-state index contributed by atoms with van der Waals surface area (Å²) in [6.45, 7) is 1.67. The van der Waals surface area contributed by atoms with Crippen LogP contribution in [-0.4, -0.2) is 39.3 Å². The first kappa shape index (κ1) is 15.6. The average Bonchev–Trinajstić information content (AvgIpc) is 2.42. The zero-order valence-corrected chi connectivity index (χ0v) is 10.9. The lowest BCUT2D eigenvalue weighted by molar-refractivity contribution is 0.0604. The van der Waals surface area contributed by atoms with Gasteiger partial charge in [0.05, 0.1) is 19.8 Å². The highest BCUT2D eigenvalue weighted by molar-refractivity contribution is 5.94. The van der Waals surface area contributed by atoms with Crippen molar-refractivity contribution in [2.45, 2.75) is 6.61 Å². The lowest BCUT2D eigenvalue weighted by atomic mass is 10.1. The summed E-state index contributed by atoms with van der Waals surface area (Å²) in [5.74, 6) is -0.670. The van der Waals surface area contributed by atoms with Crippen LogP contribution >= 0.6 is 0 Å². The molecule has 0 saturated heterocycles. The molecule has 0 aromatic heterocycles. The summed E-state index contributed by atoms with van der Waals surface area (Å²) in [5.41, 5.74) is 6.03. The van der Waals surface area contributed by atoms with Crippen LogP contribution in [0.1, 0.15) is 15.9 Å². The monoisotopic (exact) mass is 270 g/mol. The number of methoxy groups -OCH3 is 1. The Morgan fingerprint density at radius 3 is 2.89 bits per heavy atom. The molecule has 0 aliphatic carbocycles. The van der Waals surface area contributed by atoms with Crippen LogP contribution in [-0.2, 0) is 16.1 Å². The molecule has 1 aromatic rings. The topological polar surface area (TPSA) is 73.6 Å². The van der Waals surface area contributed by atoms with Crippen LogP contribution in [0.2, 0.25) is 0 Å². The van der Waals surface area contributed by atoms with E-state index in [-0.39, 0.29) is 12.5 Å². The normalized spacial score (nSPS) is 10.5. The van der Waals surface area contributed by atoms with Gasteiger partial charge in [-0.1, -0.05) is 0 Å². The van der Waals surface area contributed by atoms with Gasteiger partial charge in [-0.2, -0.15) is 0 Å². The molecule has 5 nitrogen and oxygen atoms in total. The molecule has 0 bridgehead atoms. The molecule has 0 unspecified atom stereocenters. The maximum atomic E-state index is 13.5. The van der Waals surface area contributed by atoms with E-state index in [2.05, 4.69) is 5.32 Å². The van der Waals surface area contributed by atoms with Crippen LogP contribution < -0.4 is 11.1 Å². The van der Waals surface area contributed by atoms with Gasteiger partial charge in [-0.25, -0.2) is 4.39 Å². The van der Waals surface area contributed by atoms with Crippen molar-refractivity contribution in [1.29, 1.82) is 0 Å². The summed E-state index contributed by atoms with van der Waals surface area (Å²) in [6.07, 6.45) is 0. The lowest BCUT2D eigenvalue weighted by Crippen LogP contribution is -2.29. The molecule has 1 amide bonds. The summed E-state index contributed by atoms with van der Waals surface area (Å²) in [5, 5.41) is 2.62. The van der Waals surface area contributed by atoms with Crippen LogP contribution in [0.25, 0.3) is 0 Å². The molecule has 0 aliphatic rings. The second kappa shape index (κ2) is 8.58. The van der Waals surface area contributed by atoms with Crippen molar-refractivity contribution < 1.29 is 18.7 Å². The molecule has 0 aliphatic heterocycles. The highest BCUT2D eigenvalue weighted by Gasteiger charge is 2.09.